The quantitative estimate of drug-likeness (QED) is 0.142. The summed E-state index contributed by atoms with van der Waals surface area (Å²) in [7, 11) is 0. The summed E-state index contributed by atoms with van der Waals surface area (Å²) in [5.74, 6) is 0.234. The van der Waals surface area contributed by atoms with Crippen molar-refractivity contribution in [3.63, 3.8) is 0 Å². The monoisotopic (exact) mass is 934 g/mol. The Morgan fingerprint density at radius 1 is 0.472 bits per heavy atom. The smallest absolute Gasteiger partial charge is 0.123 e. The molecule has 0 aliphatic heterocycles. The predicted molar refractivity (Wildman–Crippen MR) is 299 cm³/mol. The molecule has 1 unspecified atom stereocenters. The zero-order valence-corrected chi connectivity index (χ0v) is 41.1. The molecular weight excluding hydrogens is 883 g/mol. The summed E-state index contributed by atoms with van der Waals surface area (Å²) in [6.45, 7) is 16.1. The van der Waals surface area contributed by atoms with Crippen LogP contribution in [0.15, 0.2) is 212 Å². The van der Waals surface area contributed by atoms with Gasteiger partial charge in [-0.3, -0.25) is 0 Å². The summed E-state index contributed by atoms with van der Waals surface area (Å²) in [5, 5.41) is 7.02. The van der Waals surface area contributed by atoms with Gasteiger partial charge in [0.1, 0.15) is 11.6 Å². The Morgan fingerprint density at radius 3 is 1.58 bits per heavy atom. The first-order valence-electron chi connectivity index (χ1n) is 25.1. The van der Waals surface area contributed by atoms with E-state index < -0.39 is 5.41 Å². The molecule has 348 valence electrons. The van der Waals surface area contributed by atoms with Crippen LogP contribution in [-0.4, -0.2) is 0 Å². The minimum atomic E-state index is -0.697. The Bertz CT molecular complexity index is 3950. The Hall–Kier alpha value is -8.34. The summed E-state index contributed by atoms with van der Waals surface area (Å²) in [4.78, 5) is 4.47. The number of allylic oxidation sites excluding steroid dienone is 5. The van der Waals surface area contributed by atoms with E-state index in [2.05, 4.69) is 196 Å². The number of fused-ring (bicyclic) bond motifs is 7. The molecule has 0 amide bonds. The summed E-state index contributed by atoms with van der Waals surface area (Å²) >= 11 is 0. The molecule has 0 radical (unpaired) electrons. The highest BCUT2D eigenvalue weighted by Crippen LogP contribution is 2.70. The van der Waals surface area contributed by atoms with E-state index in [1.807, 2.05) is 24.3 Å². The van der Waals surface area contributed by atoms with E-state index in [1.165, 1.54) is 89.3 Å². The van der Waals surface area contributed by atoms with Crippen molar-refractivity contribution in [2.75, 3.05) is 9.80 Å². The summed E-state index contributed by atoms with van der Waals surface area (Å²) in [5.41, 5.74) is 19.5. The Morgan fingerprint density at radius 2 is 0.986 bits per heavy atom. The van der Waals surface area contributed by atoms with E-state index in [4.69, 9.17) is 6.58 Å². The summed E-state index contributed by atoms with van der Waals surface area (Å²) < 4.78 is 29.2. The number of anilines is 6. The largest absolute Gasteiger partial charge is 0.310 e. The maximum Gasteiger partial charge on any atom is 0.123 e. The first kappa shape index (κ1) is 43.7. The van der Waals surface area contributed by atoms with Gasteiger partial charge in [-0.05, 0) is 215 Å². The van der Waals surface area contributed by atoms with Gasteiger partial charge in [-0.2, -0.15) is 0 Å². The summed E-state index contributed by atoms with van der Waals surface area (Å²) in [6, 6.07) is 65.3. The minimum absolute atomic E-state index is 0.268. The van der Waals surface area contributed by atoms with Crippen LogP contribution in [-0.2, 0) is 5.41 Å². The third-order valence-corrected chi connectivity index (χ3v) is 15.7. The van der Waals surface area contributed by atoms with Crippen molar-refractivity contribution >= 4 is 77.6 Å². The highest BCUT2D eigenvalue weighted by molar-refractivity contribution is 6.21. The fraction of sp³-hybridized carbons (Fsp3) is 0.118. The van der Waals surface area contributed by atoms with Gasteiger partial charge in [-0.15, -0.1) is 0 Å². The van der Waals surface area contributed by atoms with E-state index in [9.17, 15) is 8.78 Å². The van der Waals surface area contributed by atoms with Crippen molar-refractivity contribution in [1.82, 2.24) is 0 Å². The molecular formula is C68H52F2N2. The lowest BCUT2D eigenvalue weighted by Gasteiger charge is -2.40. The molecule has 0 saturated heterocycles. The molecule has 4 heteroatoms. The van der Waals surface area contributed by atoms with Crippen LogP contribution in [0.3, 0.4) is 0 Å². The van der Waals surface area contributed by atoms with Gasteiger partial charge in [0.2, 0.25) is 0 Å². The molecule has 1 atom stereocenters. The maximum atomic E-state index is 14.6. The number of rotatable bonds is 9. The van der Waals surface area contributed by atoms with Crippen LogP contribution in [0.2, 0.25) is 0 Å². The van der Waals surface area contributed by atoms with Crippen LogP contribution in [0.1, 0.15) is 85.4 Å². The molecule has 0 fully saturated rings. The third-order valence-electron chi connectivity index (χ3n) is 15.7. The van der Waals surface area contributed by atoms with Crippen LogP contribution in [0.4, 0.5) is 42.9 Å². The number of nitrogens with zero attached hydrogens (tertiary/aromatic N) is 2. The number of benzene rings is 10. The number of halogens is 2. The molecule has 0 aromatic heterocycles. The van der Waals surface area contributed by atoms with Crippen molar-refractivity contribution in [3.05, 3.63) is 263 Å². The minimum Gasteiger partial charge on any atom is -0.310 e. The predicted octanol–water partition coefficient (Wildman–Crippen LogP) is 19.3. The van der Waals surface area contributed by atoms with E-state index in [-0.39, 0.29) is 11.6 Å². The lowest BCUT2D eigenvalue weighted by molar-refractivity contribution is 0.627. The molecule has 0 saturated carbocycles. The van der Waals surface area contributed by atoms with E-state index in [0.29, 0.717) is 11.8 Å². The van der Waals surface area contributed by atoms with Crippen LogP contribution >= 0.6 is 0 Å². The van der Waals surface area contributed by atoms with Crippen molar-refractivity contribution in [2.45, 2.75) is 51.9 Å². The Balaban J connectivity index is 1.09. The second-order valence-corrected chi connectivity index (χ2v) is 20.3. The molecule has 1 spiro atoms. The van der Waals surface area contributed by atoms with Gasteiger partial charge in [-0.1, -0.05) is 137 Å². The van der Waals surface area contributed by atoms with Crippen LogP contribution in [0, 0.1) is 11.6 Å². The molecule has 2 nitrogen and oxygen atoms in total. The van der Waals surface area contributed by atoms with E-state index >= 15 is 0 Å². The molecule has 3 aliphatic rings. The molecule has 0 N–H and O–H groups in total. The van der Waals surface area contributed by atoms with Gasteiger partial charge in [0.25, 0.3) is 0 Å². The van der Waals surface area contributed by atoms with Gasteiger partial charge < -0.3 is 9.80 Å². The average molecular weight is 935 g/mol. The first-order valence-corrected chi connectivity index (χ1v) is 25.1. The van der Waals surface area contributed by atoms with Gasteiger partial charge in [0.15, 0.2) is 0 Å². The van der Waals surface area contributed by atoms with Crippen molar-refractivity contribution in [1.29, 1.82) is 0 Å². The molecule has 3 aliphatic carbocycles. The molecule has 0 heterocycles. The molecule has 10 aromatic carbocycles. The van der Waals surface area contributed by atoms with Crippen LogP contribution < -0.4 is 9.80 Å². The topological polar surface area (TPSA) is 6.48 Å². The zero-order valence-electron chi connectivity index (χ0n) is 41.1. The second kappa shape index (κ2) is 16.4. The van der Waals surface area contributed by atoms with Gasteiger partial charge in [0.05, 0.1) is 5.41 Å². The average Bonchev–Trinajstić information content (AvgIpc) is 3.89. The van der Waals surface area contributed by atoms with Crippen molar-refractivity contribution < 1.29 is 8.78 Å². The van der Waals surface area contributed by atoms with Gasteiger partial charge >= 0.3 is 0 Å². The van der Waals surface area contributed by atoms with Crippen molar-refractivity contribution in [2.24, 2.45) is 0 Å². The third kappa shape index (κ3) is 6.31. The van der Waals surface area contributed by atoms with Crippen molar-refractivity contribution in [3.8, 4) is 11.1 Å². The van der Waals surface area contributed by atoms with E-state index in [1.54, 1.807) is 12.1 Å². The van der Waals surface area contributed by atoms with Crippen LogP contribution in [0.25, 0.3) is 54.6 Å². The first-order chi connectivity index (χ1) is 35.0. The SMILES string of the molecule is C=C1C2=C(/C=C\C)c3c(ccc4ccccc34)C23c2c(ccc4cc(N(c5ccc(F)cc5)c5ccc(C(C)C)cc5)ccc24)-c2ccc4cc(N(c5ccc(F)cc5)c5ccc(C(C)C)cc5)cc1c4c23. The lowest BCUT2D eigenvalue weighted by Crippen LogP contribution is -2.31. The molecule has 0 bridgehead atoms. The fourth-order valence-electron chi connectivity index (χ4n) is 12.4. The Kier molecular flexibility index (Phi) is 9.92. The highest BCUT2D eigenvalue weighted by Gasteiger charge is 2.57. The highest BCUT2D eigenvalue weighted by atomic mass is 19.1. The second-order valence-electron chi connectivity index (χ2n) is 20.3. The van der Waals surface area contributed by atoms with Gasteiger partial charge in [0, 0.05) is 34.1 Å². The number of hydrogen-bond acceptors (Lipinski definition) is 2. The maximum absolute atomic E-state index is 14.6. The number of hydrogen-bond donors (Lipinski definition) is 0. The standard InChI is InChI=1S/C68H52F2N2/c1-7-10-60-64-56-12-9-8-11-45(56)19-36-62(64)68-65(60)42(6)61-39-55(72(53-30-22-49(70)23-31-53)51-26-15-44(16-27-51)41(4)5)38-47-18-34-59(67(68)63(47)61)58-33-17-46-37-54(32-35-57(46)66(58)68)71(52-28-20-48(69)21-29-52)50-24-13-43(14-25-50)40(2)3/h7-41H,6H2,1-5H3/b10-7-. The molecule has 72 heavy (non-hydrogen) atoms. The summed E-state index contributed by atoms with van der Waals surface area (Å²) in [6.07, 6.45) is 4.48. The zero-order chi connectivity index (χ0) is 49.2. The van der Waals surface area contributed by atoms with Gasteiger partial charge in [-0.25, -0.2) is 8.78 Å². The normalized spacial score (nSPS) is 15.4. The fourth-order valence-corrected chi connectivity index (χ4v) is 12.4. The Labute approximate surface area is 420 Å². The molecule has 10 aromatic rings. The van der Waals surface area contributed by atoms with Crippen LogP contribution in [0.5, 0.6) is 0 Å². The molecule has 13 rings (SSSR count). The van der Waals surface area contributed by atoms with E-state index in [0.717, 1.165) is 56.0 Å². The lowest BCUT2D eigenvalue weighted by atomic mass is 9.61.